The summed E-state index contributed by atoms with van der Waals surface area (Å²) in [5, 5.41) is 12.7. The van der Waals surface area contributed by atoms with E-state index in [1.165, 1.54) is 16.7 Å². The second kappa shape index (κ2) is 4.57. The lowest BCUT2D eigenvalue weighted by Crippen LogP contribution is -2.71. The van der Waals surface area contributed by atoms with Gasteiger partial charge in [-0.15, -0.1) is 0 Å². The van der Waals surface area contributed by atoms with E-state index >= 15 is 0 Å². The van der Waals surface area contributed by atoms with Crippen LogP contribution in [0.5, 0.6) is 0 Å². The predicted octanol–water partition coefficient (Wildman–Crippen LogP) is 0.672. The molecule has 108 valence electrons. The summed E-state index contributed by atoms with van der Waals surface area (Å²) in [6.07, 6.45) is 4.22. The third kappa shape index (κ3) is 1.74. The van der Waals surface area contributed by atoms with Crippen molar-refractivity contribution in [2.75, 3.05) is 6.54 Å². The third-order valence-electron chi connectivity index (χ3n) is 4.27. The molecule has 0 aliphatic carbocycles. The number of thioether (sulfide) groups is 1. The fraction of sp³-hybridized carbons (Fsp3) is 0.357. The van der Waals surface area contributed by atoms with Gasteiger partial charge in [-0.3, -0.25) is 14.7 Å². The van der Waals surface area contributed by atoms with Gasteiger partial charge in [0.1, 0.15) is 11.7 Å². The summed E-state index contributed by atoms with van der Waals surface area (Å²) < 4.78 is 0. The van der Waals surface area contributed by atoms with E-state index in [-0.39, 0.29) is 29.6 Å². The van der Waals surface area contributed by atoms with Crippen LogP contribution in [0.4, 0.5) is 0 Å². The molecule has 1 amide bonds. The summed E-state index contributed by atoms with van der Waals surface area (Å²) in [5.74, 6) is -1.02. The average molecular weight is 303 g/mol. The van der Waals surface area contributed by atoms with Gasteiger partial charge in [-0.25, -0.2) is 4.79 Å². The summed E-state index contributed by atoms with van der Waals surface area (Å²) in [4.78, 5) is 30.9. The molecule has 1 unspecified atom stereocenters. The quantitative estimate of drug-likeness (QED) is 0.799. The Morgan fingerprint density at radius 3 is 2.90 bits per heavy atom. The van der Waals surface area contributed by atoms with Gasteiger partial charge >= 0.3 is 5.97 Å². The van der Waals surface area contributed by atoms with Crippen molar-refractivity contribution in [3.05, 3.63) is 35.1 Å². The van der Waals surface area contributed by atoms with Gasteiger partial charge in [0.25, 0.3) is 0 Å². The lowest BCUT2D eigenvalue weighted by Gasteiger charge is -2.48. The molecule has 0 radical (unpaired) electrons. The second-order valence-corrected chi connectivity index (χ2v) is 6.44. The number of aliphatic carboxylic acids is 1. The molecule has 3 aliphatic heterocycles. The van der Waals surface area contributed by atoms with E-state index in [9.17, 15) is 14.7 Å². The van der Waals surface area contributed by atoms with Crippen LogP contribution in [-0.2, 0) is 9.59 Å². The van der Waals surface area contributed by atoms with Gasteiger partial charge in [-0.05, 0) is 25.1 Å². The summed E-state index contributed by atoms with van der Waals surface area (Å²) in [6, 6.07) is 3.47. The molecule has 0 aromatic carbocycles. The van der Waals surface area contributed by atoms with E-state index in [0.717, 1.165) is 22.8 Å². The SMILES string of the molecule is O=C(O)C1=C(Sc2ccncc2)C2CCN[C@@H]3C(=O)N1[C@H]23. The molecule has 2 N–H and O–H groups in total. The van der Waals surface area contributed by atoms with Crippen molar-refractivity contribution in [3.8, 4) is 0 Å². The van der Waals surface area contributed by atoms with Crippen LogP contribution >= 0.6 is 11.8 Å². The first-order chi connectivity index (χ1) is 10.2. The number of carboxylic acid groups (broad SMARTS) is 1. The molecule has 4 heterocycles. The highest BCUT2D eigenvalue weighted by Crippen LogP contribution is 2.51. The Labute approximate surface area is 125 Å². The van der Waals surface area contributed by atoms with Gasteiger partial charge in [0.05, 0.1) is 6.04 Å². The topological polar surface area (TPSA) is 82.5 Å². The number of aromatic nitrogens is 1. The van der Waals surface area contributed by atoms with E-state index in [0.29, 0.717) is 0 Å². The zero-order valence-electron chi connectivity index (χ0n) is 11.0. The van der Waals surface area contributed by atoms with Crippen molar-refractivity contribution in [1.29, 1.82) is 0 Å². The minimum Gasteiger partial charge on any atom is -0.477 e. The maximum absolute atomic E-state index is 12.1. The summed E-state index contributed by atoms with van der Waals surface area (Å²) in [6.45, 7) is 0.749. The first kappa shape index (κ1) is 12.8. The molecule has 2 saturated heterocycles. The summed E-state index contributed by atoms with van der Waals surface area (Å²) in [5.41, 5.74) is 0.164. The number of amides is 1. The molecule has 0 saturated carbocycles. The predicted molar refractivity (Wildman–Crippen MR) is 75.3 cm³/mol. The Morgan fingerprint density at radius 2 is 2.19 bits per heavy atom. The number of nitrogens with zero attached hydrogens (tertiary/aromatic N) is 2. The van der Waals surface area contributed by atoms with E-state index in [2.05, 4.69) is 10.3 Å². The van der Waals surface area contributed by atoms with Crippen molar-refractivity contribution in [2.45, 2.75) is 23.4 Å². The molecule has 6 nitrogen and oxygen atoms in total. The van der Waals surface area contributed by atoms with E-state index < -0.39 is 5.97 Å². The van der Waals surface area contributed by atoms with Crippen molar-refractivity contribution in [3.63, 3.8) is 0 Å². The number of rotatable bonds is 3. The average Bonchev–Trinajstić information content (AvgIpc) is 2.82. The van der Waals surface area contributed by atoms with Crippen molar-refractivity contribution in [2.24, 2.45) is 5.92 Å². The molecule has 3 aliphatic rings. The highest BCUT2D eigenvalue weighted by atomic mass is 32.2. The van der Waals surface area contributed by atoms with Crippen LogP contribution in [0.2, 0.25) is 0 Å². The normalized spacial score (nSPS) is 30.2. The van der Waals surface area contributed by atoms with Crippen LogP contribution in [0.1, 0.15) is 6.42 Å². The number of pyridine rings is 1. The largest absolute Gasteiger partial charge is 0.477 e. The van der Waals surface area contributed by atoms with Gasteiger partial charge in [0.2, 0.25) is 5.91 Å². The molecular formula is C14H13N3O3S. The molecule has 21 heavy (non-hydrogen) atoms. The second-order valence-electron chi connectivity index (χ2n) is 5.33. The summed E-state index contributed by atoms with van der Waals surface area (Å²) >= 11 is 1.44. The Kier molecular flexibility index (Phi) is 2.80. The van der Waals surface area contributed by atoms with Crippen molar-refractivity contribution >= 4 is 23.6 Å². The Hall–Kier alpha value is -1.86. The van der Waals surface area contributed by atoms with Gasteiger partial charge in [-0.2, -0.15) is 0 Å². The molecule has 4 rings (SSSR count). The van der Waals surface area contributed by atoms with Crippen LogP contribution in [0.3, 0.4) is 0 Å². The highest BCUT2D eigenvalue weighted by Gasteiger charge is 2.61. The van der Waals surface area contributed by atoms with Crippen LogP contribution in [-0.4, -0.2) is 45.5 Å². The molecule has 1 aromatic heterocycles. The van der Waals surface area contributed by atoms with Crippen molar-refractivity contribution in [1.82, 2.24) is 15.2 Å². The first-order valence-electron chi connectivity index (χ1n) is 6.80. The molecule has 3 atom stereocenters. The van der Waals surface area contributed by atoms with E-state index in [1.807, 2.05) is 12.1 Å². The van der Waals surface area contributed by atoms with Gasteiger partial charge in [-0.1, -0.05) is 11.8 Å². The summed E-state index contributed by atoms with van der Waals surface area (Å²) in [7, 11) is 0. The number of hydrogen-bond donors (Lipinski definition) is 2. The number of carboxylic acids is 1. The minimum atomic E-state index is -1.02. The zero-order chi connectivity index (χ0) is 14.6. The minimum absolute atomic E-state index is 0.0262. The third-order valence-corrected chi connectivity index (χ3v) is 5.49. The lowest BCUT2D eigenvalue weighted by molar-refractivity contribution is -0.154. The number of carbonyl (C=O) groups excluding carboxylic acids is 1. The van der Waals surface area contributed by atoms with Gasteiger partial charge in [0.15, 0.2) is 0 Å². The highest BCUT2D eigenvalue weighted by molar-refractivity contribution is 8.03. The number of carbonyl (C=O) groups is 2. The Morgan fingerprint density at radius 1 is 1.43 bits per heavy atom. The smallest absolute Gasteiger partial charge is 0.353 e. The van der Waals surface area contributed by atoms with Crippen LogP contribution in [0.15, 0.2) is 40.0 Å². The van der Waals surface area contributed by atoms with Crippen molar-refractivity contribution < 1.29 is 14.7 Å². The fourth-order valence-electron chi connectivity index (χ4n) is 3.40. The van der Waals surface area contributed by atoms with Crippen LogP contribution in [0, 0.1) is 5.92 Å². The molecule has 1 aromatic rings. The molecule has 2 fully saturated rings. The lowest BCUT2D eigenvalue weighted by atomic mass is 9.82. The molecule has 7 heteroatoms. The number of nitrogens with one attached hydrogen (secondary N) is 1. The zero-order valence-corrected chi connectivity index (χ0v) is 11.8. The van der Waals surface area contributed by atoms with Gasteiger partial charge < -0.3 is 10.4 Å². The standard InChI is InChI=1S/C14H13N3O3S/c18-13-9-10-8(3-6-16-9)12(11(14(19)20)17(10)13)21-7-1-4-15-5-2-7/h1-2,4-5,8-10,16H,3,6H2,(H,19,20)/t8?,9-,10+/m0/s1. The van der Waals surface area contributed by atoms with Crippen LogP contribution in [0.25, 0.3) is 0 Å². The fourth-order valence-corrected chi connectivity index (χ4v) is 4.60. The maximum atomic E-state index is 12.1. The molecular weight excluding hydrogens is 290 g/mol. The number of hydrogen-bond acceptors (Lipinski definition) is 5. The van der Waals surface area contributed by atoms with E-state index in [1.54, 1.807) is 12.4 Å². The van der Waals surface area contributed by atoms with Gasteiger partial charge in [0, 0.05) is 28.1 Å². The first-order valence-corrected chi connectivity index (χ1v) is 7.62. The Bertz CT molecular complexity index is 661. The van der Waals surface area contributed by atoms with E-state index in [4.69, 9.17) is 0 Å². The van der Waals surface area contributed by atoms with Crippen LogP contribution < -0.4 is 5.32 Å². The number of β-lactam (4-membered cyclic amide) rings is 1. The maximum Gasteiger partial charge on any atom is 0.353 e. The Balaban J connectivity index is 1.75. The molecule has 0 bridgehead atoms. The monoisotopic (exact) mass is 303 g/mol. The number of piperidine rings is 1. The molecule has 0 spiro atoms.